The van der Waals surface area contributed by atoms with Gasteiger partial charge in [0.2, 0.25) is 0 Å². The highest BCUT2D eigenvalue weighted by Crippen LogP contribution is 2.34. The minimum absolute atomic E-state index is 0.190. The molecule has 6 heteroatoms. The zero-order valence-electron chi connectivity index (χ0n) is 9.84. The van der Waals surface area contributed by atoms with Crippen molar-refractivity contribution in [3.63, 3.8) is 0 Å². The number of carboxylic acid groups (broad SMARTS) is 1. The zero-order chi connectivity index (χ0) is 13.8. The SMILES string of the molecule is NCc1c(Br)cccc1Sc1ncccc1C(=O)O. The van der Waals surface area contributed by atoms with Gasteiger partial charge in [0.25, 0.3) is 0 Å². The predicted molar refractivity (Wildman–Crippen MR) is 77.4 cm³/mol. The fourth-order valence-electron chi connectivity index (χ4n) is 1.57. The molecular formula is C13H11BrN2O2S. The van der Waals surface area contributed by atoms with Gasteiger partial charge in [0.05, 0.1) is 5.56 Å². The van der Waals surface area contributed by atoms with Gasteiger partial charge in [0, 0.05) is 22.1 Å². The molecule has 19 heavy (non-hydrogen) atoms. The maximum Gasteiger partial charge on any atom is 0.338 e. The molecule has 1 heterocycles. The fourth-order valence-corrected chi connectivity index (χ4v) is 3.28. The molecule has 0 aliphatic carbocycles. The molecule has 98 valence electrons. The summed E-state index contributed by atoms with van der Waals surface area (Å²) >= 11 is 4.74. The van der Waals surface area contributed by atoms with E-state index in [2.05, 4.69) is 20.9 Å². The molecule has 2 rings (SSSR count). The van der Waals surface area contributed by atoms with E-state index in [0.717, 1.165) is 14.9 Å². The third kappa shape index (κ3) is 3.15. The van der Waals surface area contributed by atoms with Gasteiger partial charge >= 0.3 is 5.97 Å². The summed E-state index contributed by atoms with van der Waals surface area (Å²) in [5.74, 6) is -0.986. The van der Waals surface area contributed by atoms with E-state index in [-0.39, 0.29) is 5.56 Å². The second-order valence-electron chi connectivity index (χ2n) is 3.68. The van der Waals surface area contributed by atoms with E-state index in [1.807, 2.05) is 18.2 Å². The number of nitrogens with zero attached hydrogens (tertiary/aromatic N) is 1. The minimum Gasteiger partial charge on any atom is -0.478 e. The molecule has 0 atom stereocenters. The quantitative estimate of drug-likeness (QED) is 0.895. The molecule has 0 amide bonds. The Labute approximate surface area is 123 Å². The highest BCUT2D eigenvalue weighted by Gasteiger charge is 2.14. The van der Waals surface area contributed by atoms with Crippen molar-refractivity contribution in [1.29, 1.82) is 0 Å². The van der Waals surface area contributed by atoms with E-state index in [4.69, 9.17) is 10.8 Å². The molecule has 1 aromatic carbocycles. The van der Waals surface area contributed by atoms with E-state index < -0.39 is 5.97 Å². The van der Waals surface area contributed by atoms with Gasteiger partial charge in [-0.1, -0.05) is 33.8 Å². The van der Waals surface area contributed by atoms with Gasteiger partial charge in [-0.15, -0.1) is 0 Å². The summed E-state index contributed by atoms with van der Waals surface area (Å²) in [6, 6.07) is 8.84. The van der Waals surface area contributed by atoms with Crippen LogP contribution in [0.2, 0.25) is 0 Å². The largest absolute Gasteiger partial charge is 0.478 e. The van der Waals surface area contributed by atoms with E-state index in [1.54, 1.807) is 12.3 Å². The first-order valence-corrected chi connectivity index (χ1v) is 7.08. The van der Waals surface area contributed by atoms with Crippen molar-refractivity contribution >= 4 is 33.7 Å². The van der Waals surface area contributed by atoms with Gasteiger partial charge in [-0.3, -0.25) is 0 Å². The van der Waals surface area contributed by atoms with E-state index in [0.29, 0.717) is 11.6 Å². The van der Waals surface area contributed by atoms with Crippen LogP contribution in [0.15, 0.2) is 50.9 Å². The van der Waals surface area contributed by atoms with E-state index in [1.165, 1.54) is 17.8 Å². The van der Waals surface area contributed by atoms with Crippen molar-refractivity contribution in [2.24, 2.45) is 5.73 Å². The molecule has 0 fully saturated rings. The van der Waals surface area contributed by atoms with Crippen molar-refractivity contribution in [2.75, 3.05) is 0 Å². The summed E-state index contributed by atoms with van der Waals surface area (Å²) in [5, 5.41) is 9.60. The summed E-state index contributed by atoms with van der Waals surface area (Å²) in [7, 11) is 0. The zero-order valence-corrected chi connectivity index (χ0v) is 12.2. The Hall–Kier alpha value is -1.37. The predicted octanol–water partition coefficient (Wildman–Crippen LogP) is 3.15. The lowest BCUT2D eigenvalue weighted by molar-refractivity contribution is 0.0692. The van der Waals surface area contributed by atoms with Gasteiger partial charge in [-0.05, 0) is 29.8 Å². The van der Waals surface area contributed by atoms with Crippen LogP contribution < -0.4 is 5.73 Å². The summed E-state index contributed by atoms with van der Waals surface area (Å²) in [4.78, 5) is 16.2. The van der Waals surface area contributed by atoms with Crippen molar-refractivity contribution in [3.8, 4) is 0 Å². The number of carboxylic acids is 1. The highest BCUT2D eigenvalue weighted by molar-refractivity contribution is 9.10. The van der Waals surface area contributed by atoms with Gasteiger partial charge in [-0.2, -0.15) is 0 Å². The number of hydrogen-bond donors (Lipinski definition) is 2. The molecule has 0 saturated heterocycles. The number of hydrogen-bond acceptors (Lipinski definition) is 4. The number of aromatic nitrogens is 1. The minimum atomic E-state index is -0.986. The van der Waals surface area contributed by atoms with E-state index >= 15 is 0 Å². The maximum absolute atomic E-state index is 11.1. The monoisotopic (exact) mass is 338 g/mol. The van der Waals surface area contributed by atoms with Crippen LogP contribution in [-0.4, -0.2) is 16.1 Å². The second kappa shape index (κ2) is 6.18. The molecule has 3 N–H and O–H groups in total. The van der Waals surface area contributed by atoms with Crippen molar-refractivity contribution in [2.45, 2.75) is 16.5 Å². The van der Waals surface area contributed by atoms with Crippen LogP contribution in [0.4, 0.5) is 0 Å². The second-order valence-corrected chi connectivity index (χ2v) is 5.57. The number of carbonyl (C=O) groups is 1. The Balaban J connectivity index is 2.42. The van der Waals surface area contributed by atoms with Crippen LogP contribution in [-0.2, 0) is 6.54 Å². The molecule has 0 unspecified atom stereocenters. The number of nitrogens with two attached hydrogens (primary N) is 1. The first kappa shape index (κ1) is 14.0. The van der Waals surface area contributed by atoms with Crippen LogP contribution in [0.25, 0.3) is 0 Å². The first-order chi connectivity index (χ1) is 9.13. The molecule has 1 aromatic heterocycles. The Morgan fingerprint density at radius 3 is 2.84 bits per heavy atom. The van der Waals surface area contributed by atoms with Crippen molar-refractivity contribution in [1.82, 2.24) is 4.98 Å². The molecule has 2 aromatic rings. The number of halogens is 1. The highest BCUT2D eigenvalue weighted by atomic mass is 79.9. The fraction of sp³-hybridized carbons (Fsp3) is 0.0769. The Morgan fingerprint density at radius 2 is 2.16 bits per heavy atom. The number of pyridine rings is 1. The Kier molecular flexibility index (Phi) is 4.57. The molecule has 0 radical (unpaired) electrons. The Morgan fingerprint density at radius 1 is 1.37 bits per heavy atom. The lowest BCUT2D eigenvalue weighted by atomic mass is 10.2. The molecule has 0 bridgehead atoms. The molecule has 0 saturated carbocycles. The van der Waals surface area contributed by atoms with Crippen LogP contribution in [0.5, 0.6) is 0 Å². The van der Waals surface area contributed by atoms with Crippen LogP contribution in [0.3, 0.4) is 0 Å². The lowest BCUT2D eigenvalue weighted by Gasteiger charge is -2.10. The summed E-state index contributed by atoms with van der Waals surface area (Å²) < 4.78 is 0.910. The van der Waals surface area contributed by atoms with Crippen molar-refractivity contribution < 1.29 is 9.90 Å². The molecule has 0 spiro atoms. The molecular weight excluding hydrogens is 328 g/mol. The smallest absolute Gasteiger partial charge is 0.338 e. The average molecular weight is 339 g/mol. The summed E-state index contributed by atoms with van der Waals surface area (Å²) in [5.41, 5.74) is 6.85. The lowest BCUT2D eigenvalue weighted by Crippen LogP contribution is -2.02. The van der Waals surface area contributed by atoms with Crippen LogP contribution in [0.1, 0.15) is 15.9 Å². The molecule has 4 nitrogen and oxygen atoms in total. The van der Waals surface area contributed by atoms with Crippen LogP contribution in [0, 0.1) is 0 Å². The average Bonchev–Trinajstić information content (AvgIpc) is 2.39. The third-order valence-corrected chi connectivity index (χ3v) is 4.35. The van der Waals surface area contributed by atoms with Gasteiger partial charge in [-0.25, -0.2) is 9.78 Å². The molecule has 0 aliphatic heterocycles. The summed E-state index contributed by atoms with van der Waals surface area (Å²) in [6.45, 7) is 0.374. The van der Waals surface area contributed by atoms with Gasteiger partial charge in [0.1, 0.15) is 5.03 Å². The third-order valence-electron chi connectivity index (χ3n) is 2.49. The number of rotatable bonds is 4. The van der Waals surface area contributed by atoms with E-state index in [9.17, 15) is 4.79 Å². The molecule has 0 aliphatic rings. The Bertz CT molecular complexity index is 619. The maximum atomic E-state index is 11.1. The van der Waals surface area contributed by atoms with Crippen molar-refractivity contribution in [3.05, 3.63) is 52.1 Å². The standard InChI is InChI=1S/C13H11BrN2O2S/c14-10-4-1-5-11(9(10)7-15)19-12-8(13(17)18)3-2-6-16-12/h1-6H,7,15H2,(H,17,18). The van der Waals surface area contributed by atoms with Gasteiger partial charge < -0.3 is 10.8 Å². The normalized spacial score (nSPS) is 10.4. The number of benzene rings is 1. The summed E-state index contributed by atoms with van der Waals surface area (Å²) in [6.07, 6.45) is 1.58. The van der Waals surface area contributed by atoms with Gasteiger partial charge in [0.15, 0.2) is 0 Å². The van der Waals surface area contributed by atoms with Crippen LogP contribution >= 0.6 is 27.7 Å². The first-order valence-electron chi connectivity index (χ1n) is 5.47. The topological polar surface area (TPSA) is 76.2 Å². The number of aromatic carboxylic acids is 1.